The van der Waals surface area contributed by atoms with Crippen molar-refractivity contribution in [2.45, 2.75) is 79.1 Å². The van der Waals surface area contributed by atoms with E-state index < -0.39 is 11.7 Å². The van der Waals surface area contributed by atoms with Gasteiger partial charge in [0.1, 0.15) is 22.7 Å². The maximum atomic E-state index is 12.8. The summed E-state index contributed by atoms with van der Waals surface area (Å²) >= 11 is 0. The van der Waals surface area contributed by atoms with Crippen molar-refractivity contribution in [3.8, 4) is 0 Å². The summed E-state index contributed by atoms with van der Waals surface area (Å²) < 4.78 is 17.3. The number of alkyl carbamates (subject to hydrolysis) is 1. The molecule has 3 heterocycles. The lowest BCUT2D eigenvalue weighted by molar-refractivity contribution is -0.120. The number of nitrogens with one attached hydrogen (secondary N) is 2. The standard InChI is InChI=1S/C33H40N4O5.C6H6/c1-19-8-10-24(20(2)12-19)16-34-29(38)14-23-9-11-27-25(13-23)15-28(40-27)31(30-21(3)36-42-22(30)4)37-17-26(18-37)35-32(39)41-33(5,6)7;1-2-4-6-5-3-1/h8-13,15,26,31H,14,16-18H2,1-7H3,(H,34,38)(H,35,39);1-6H/t31-;/m1./s1. The average molecular weight is 651 g/mol. The molecule has 1 fully saturated rings. The van der Waals surface area contributed by atoms with Crippen LogP contribution in [0.1, 0.15) is 71.8 Å². The molecule has 9 heteroatoms. The van der Waals surface area contributed by atoms with Crippen molar-refractivity contribution in [1.29, 1.82) is 0 Å². The van der Waals surface area contributed by atoms with Crippen LogP contribution in [0, 0.1) is 27.7 Å². The molecule has 1 saturated heterocycles. The monoisotopic (exact) mass is 650 g/mol. The number of aryl methyl sites for hydroxylation is 4. The Bertz CT molecular complexity index is 1800. The molecule has 252 valence electrons. The highest BCUT2D eigenvalue weighted by atomic mass is 16.6. The van der Waals surface area contributed by atoms with Gasteiger partial charge in [0.05, 0.1) is 24.2 Å². The maximum absolute atomic E-state index is 12.8. The lowest BCUT2D eigenvalue weighted by Gasteiger charge is -2.43. The zero-order chi connectivity index (χ0) is 34.4. The van der Waals surface area contributed by atoms with Crippen molar-refractivity contribution in [2.75, 3.05) is 13.1 Å². The first-order valence-corrected chi connectivity index (χ1v) is 16.4. The minimum atomic E-state index is -0.555. The summed E-state index contributed by atoms with van der Waals surface area (Å²) in [4.78, 5) is 27.3. The van der Waals surface area contributed by atoms with Gasteiger partial charge >= 0.3 is 6.09 Å². The summed E-state index contributed by atoms with van der Waals surface area (Å²) in [6, 6.07) is 25.9. The van der Waals surface area contributed by atoms with E-state index in [9.17, 15) is 9.59 Å². The highest BCUT2D eigenvalue weighted by Gasteiger charge is 2.39. The van der Waals surface area contributed by atoms with Gasteiger partial charge in [-0.25, -0.2) is 4.79 Å². The first-order chi connectivity index (χ1) is 22.9. The number of hydrogen-bond donors (Lipinski definition) is 2. The molecule has 2 N–H and O–H groups in total. The summed E-state index contributed by atoms with van der Waals surface area (Å²) in [7, 11) is 0. The molecule has 0 spiro atoms. The number of likely N-dealkylation sites (tertiary alicyclic amines) is 1. The topological polar surface area (TPSA) is 110 Å². The van der Waals surface area contributed by atoms with E-state index in [-0.39, 0.29) is 24.4 Å². The quantitative estimate of drug-likeness (QED) is 0.179. The predicted octanol–water partition coefficient (Wildman–Crippen LogP) is 7.50. The molecule has 1 atom stereocenters. The largest absolute Gasteiger partial charge is 0.459 e. The Morgan fingerprint density at radius 3 is 2.25 bits per heavy atom. The molecule has 9 nitrogen and oxygen atoms in total. The second-order valence-electron chi connectivity index (χ2n) is 13.5. The molecular weight excluding hydrogens is 604 g/mol. The molecule has 1 aliphatic rings. The molecule has 6 rings (SSSR count). The highest BCUT2D eigenvalue weighted by Crippen LogP contribution is 2.38. The van der Waals surface area contributed by atoms with Crippen molar-refractivity contribution in [1.82, 2.24) is 20.7 Å². The normalized spacial score (nSPS) is 14.1. The van der Waals surface area contributed by atoms with Crippen LogP contribution >= 0.6 is 0 Å². The van der Waals surface area contributed by atoms with Crippen molar-refractivity contribution >= 4 is 23.0 Å². The van der Waals surface area contributed by atoms with E-state index >= 15 is 0 Å². The Labute approximate surface area is 282 Å². The fourth-order valence-electron chi connectivity index (χ4n) is 5.90. The molecule has 2 amide bonds. The number of furan rings is 1. The van der Waals surface area contributed by atoms with Crippen molar-refractivity contribution in [3.63, 3.8) is 0 Å². The second kappa shape index (κ2) is 14.9. The summed E-state index contributed by atoms with van der Waals surface area (Å²) in [5.41, 5.74) is 6.34. The third-order valence-electron chi connectivity index (χ3n) is 8.23. The number of fused-ring (bicyclic) bond motifs is 1. The molecule has 0 bridgehead atoms. The van der Waals surface area contributed by atoms with Crippen molar-refractivity contribution < 1.29 is 23.3 Å². The molecular formula is C39H46N4O5. The van der Waals surface area contributed by atoms with Gasteiger partial charge in [0, 0.05) is 30.6 Å². The number of nitrogens with zero attached hydrogens (tertiary/aromatic N) is 2. The molecule has 0 radical (unpaired) electrons. The number of rotatable bonds is 8. The summed E-state index contributed by atoms with van der Waals surface area (Å²) in [6.45, 7) is 15.2. The van der Waals surface area contributed by atoms with Gasteiger partial charge in [-0.05, 0) is 83.4 Å². The lowest BCUT2D eigenvalue weighted by atomic mass is 9.95. The van der Waals surface area contributed by atoms with Crippen LogP contribution in [0.15, 0.2) is 87.8 Å². The second-order valence-corrected chi connectivity index (χ2v) is 13.5. The summed E-state index contributed by atoms with van der Waals surface area (Å²) in [5, 5.41) is 11.1. The number of ether oxygens (including phenoxy) is 1. The lowest BCUT2D eigenvalue weighted by Crippen LogP contribution is -2.60. The first-order valence-electron chi connectivity index (χ1n) is 16.4. The highest BCUT2D eigenvalue weighted by molar-refractivity contribution is 5.83. The van der Waals surface area contributed by atoms with Crippen LogP contribution in [0.3, 0.4) is 0 Å². The van der Waals surface area contributed by atoms with Crippen LogP contribution in [-0.2, 0) is 22.5 Å². The van der Waals surface area contributed by atoms with Crippen LogP contribution in [0.5, 0.6) is 0 Å². The third kappa shape index (κ3) is 8.92. The number of amides is 2. The SMILES string of the molecule is Cc1ccc(CNC(=O)Cc2ccc3oc([C@H](c4c(C)noc4C)N4CC(NC(=O)OC(C)(C)C)C4)cc3c2)c(C)c1.c1ccccc1. The van der Waals surface area contributed by atoms with E-state index in [4.69, 9.17) is 13.7 Å². The van der Waals surface area contributed by atoms with Gasteiger partial charge in [0.15, 0.2) is 0 Å². The molecule has 2 aromatic heterocycles. The Hall–Kier alpha value is -4.89. The Kier molecular flexibility index (Phi) is 10.7. The van der Waals surface area contributed by atoms with E-state index in [0.29, 0.717) is 19.6 Å². The fraction of sp³-hybridized carbons (Fsp3) is 0.359. The van der Waals surface area contributed by atoms with Crippen molar-refractivity contribution in [3.05, 3.63) is 124 Å². The molecule has 0 saturated carbocycles. The van der Waals surface area contributed by atoms with Crippen LogP contribution in [-0.4, -0.2) is 46.8 Å². The number of benzene rings is 3. The number of carbonyl (C=O) groups excluding carboxylic acids is 2. The van der Waals surface area contributed by atoms with Gasteiger partial charge in [-0.2, -0.15) is 0 Å². The van der Waals surface area contributed by atoms with E-state index in [2.05, 4.69) is 52.7 Å². The maximum Gasteiger partial charge on any atom is 0.407 e. The van der Waals surface area contributed by atoms with E-state index in [0.717, 1.165) is 44.9 Å². The van der Waals surface area contributed by atoms with E-state index in [1.165, 1.54) is 11.1 Å². The van der Waals surface area contributed by atoms with Gasteiger partial charge in [-0.15, -0.1) is 0 Å². The minimum Gasteiger partial charge on any atom is -0.459 e. The Morgan fingerprint density at radius 1 is 0.958 bits per heavy atom. The third-order valence-corrected chi connectivity index (χ3v) is 8.23. The predicted molar refractivity (Wildman–Crippen MR) is 187 cm³/mol. The van der Waals surface area contributed by atoms with Gasteiger partial charge < -0.3 is 24.3 Å². The smallest absolute Gasteiger partial charge is 0.407 e. The van der Waals surface area contributed by atoms with Gasteiger partial charge in [-0.3, -0.25) is 9.69 Å². The summed E-state index contributed by atoms with van der Waals surface area (Å²) in [5.74, 6) is 1.45. The zero-order valence-corrected chi connectivity index (χ0v) is 28.9. The molecule has 0 aliphatic carbocycles. The van der Waals surface area contributed by atoms with Crippen LogP contribution in [0.2, 0.25) is 0 Å². The van der Waals surface area contributed by atoms with Gasteiger partial charge in [0.2, 0.25) is 5.91 Å². The fourth-order valence-corrected chi connectivity index (χ4v) is 5.90. The minimum absolute atomic E-state index is 0.0317. The average Bonchev–Trinajstić information content (AvgIpc) is 3.58. The number of hydrogen-bond acceptors (Lipinski definition) is 7. The van der Waals surface area contributed by atoms with E-state index in [1.54, 1.807) is 0 Å². The van der Waals surface area contributed by atoms with Crippen LogP contribution in [0.4, 0.5) is 4.79 Å². The molecule has 0 unspecified atom stereocenters. The van der Waals surface area contributed by atoms with Crippen LogP contribution < -0.4 is 10.6 Å². The molecule has 48 heavy (non-hydrogen) atoms. The van der Waals surface area contributed by atoms with Crippen LogP contribution in [0.25, 0.3) is 11.0 Å². The molecule has 3 aromatic carbocycles. The van der Waals surface area contributed by atoms with Gasteiger partial charge in [0.25, 0.3) is 0 Å². The number of carbonyl (C=O) groups is 2. The Morgan fingerprint density at radius 2 is 1.65 bits per heavy atom. The number of aromatic nitrogens is 1. The molecule has 1 aliphatic heterocycles. The zero-order valence-electron chi connectivity index (χ0n) is 28.9. The summed E-state index contributed by atoms with van der Waals surface area (Å²) in [6.07, 6.45) is -0.144. The van der Waals surface area contributed by atoms with E-state index in [1.807, 2.05) is 95.3 Å². The first kappa shape index (κ1) is 34.4. The van der Waals surface area contributed by atoms with Gasteiger partial charge in [-0.1, -0.05) is 71.4 Å². The molecule has 5 aromatic rings. The van der Waals surface area contributed by atoms with Crippen molar-refractivity contribution in [2.24, 2.45) is 0 Å². The Balaban J connectivity index is 0.000000677.